The van der Waals surface area contributed by atoms with Gasteiger partial charge in [0, 0.05) is 17.3 Å². The van der Waals surface area contributed by atoms with E-state index in [0.29, 0.717) is 11.6 Å². The van der Waals surface area contributed by atoms with Crippen LogP contribution in [0.4, 0.5) is 10.1 Å². The summed E-state index contributed by atoms with van der Waals surface area (Å²) in [5.74, 6) is 0.551. The van der Waals surface area contributed by atoms with Crippen LogP contribution in [-0.4, -0.2) is 11.0 Å². The number of hydrogen-bond donors (Lipinski definition) is 2. The van der Waals surface area contributed by atoms with Gasteiger partial charge in [-0.2, -0.15) is 0 Å². The van der Waals surface area contributed by atoms with Crippen molar-refractivity contribution >= 4 is 22.9 Å². The molecule has 0 aromatic heterocycles. The predicted octanol–water partition coefficient (Wildman–Crippen LogP) is 3.45. The highest BCUT2D eigenvalue weighted by Crippen LogP contribution is 2.35. The van der Waals surface area contributed by atoms with Gasteiger partial charge >= 0.3 is 0 Å². The second-order valence-corrected chi connectivity index (χ2v) is 5.42. The van der Waals surface area contributed by atoms with Crippen LogP contribution in [0.5, 0.6) is 0 Å². The molecule has 1 fully saturated rings. The third-order valence-corrected chi connectivity index (χ3v) is 3.63. The first kappa shape index (κ1) is 13.3. The Bertz CT molecular complexity index is 443. The molecule has 0 spiro atoms. The van der Waals surface area contributed by atoms with Crippen molar-refractivity contribution in [1.82, 2.24) is 0 Å². The Labute approximate surface area is 113 Å². The lowest BCUT2D eigenvalue weighted by Gasteiger charge is -2.20. The fourth-order valence-corrected chi connectivity index (χ4v) is 2.32. The monoisotopic (exact) mass is 266 g/mol. The van der Waals surface area contributed by atoms with Crippen LogP contribution in [0, 0.1) is 11.7 Å². The standard InChI is InChI=1S/C14H19FN2S/c1-2-11(7-9-3-4-9)17-13-6-5-10(15)8-12(13)14(16)18/h5-6,8-9,11,17H,2-4,7H2,1H3,(H2,16,18). The lowest BCUT2D eigenvalue weighted by Crippen LogP contribution is -2.22. The molecule has 1 atom stereocenters. The van der Waals surface area contributed by atoms with Crippen molar-refractivity contribution in [2.24, 2.45) is 11.7 Å². The van der Waals surface area contributed by atoms with E-state index >= 15 is 0 Å². The largest absolute Gasteiger partial charge is 0.389 e. The predicted molar refractivity (Wildman–Crippen MR) is 77.3 cm³/mol. The van der Waals surface area contributed by atoms with Crippen LogP contribution < -0.4 is 11.1 Å². The number of benzene rings is 1. The Balaban J connectivity index is 2.13. The van der Waals surface area contributed by atoms with E-state index in [0.717, 1.165) is 18.0 Å². The number of thiocarbonyl (C=S) groups is 1. The molecule has 0 aliphatic heterocycles. The molecule has 0 amide bonds. The van der Waals surface area contributed by atoms with Gasteiger partial charge in [0.2, 0.25) is 0 Å². The van der Waals surface area contributed by atoms with E-state index in [1.165, 1.54) is 31.4 Å². The summed E-state index contributed by atoms with van der Waals surface area (Å²) in [5.41, 5.74) is 7.08. The van der Waals surface area contributed by atoms with Gasteiger partial charge in [0.25, 0.3) is 0 Å². The zero-order valence-electron chi connectivity index (χ0n) is 10.6. The quantitative estimate of drug-likeness (QED) is 0.774. The molecular formula is C14H19FN2S. The fourth-order valence-electron chi connectivity index (χ4n) is 2.15. The average molecular weight is 266 g/mol. The van der Waals surface area contributed by atoms with Crippen molar-refractivity contribution in [3.63, 3.8) is 0 Å². The minimum atomic E-state index is -0.307. The van der Waals surface area contributed by atoms with Crippen LogP contribution in [-0.2, 0) is 0 Å². The number of nitrogens with two attached hydrogens (primary N) is 1. The minimum absolute atomic E-state index is 0.235. The maximum absolute atomic E-state index is 13.2. The average Bonchev–Trinajstić information content (AvgIpc) is 3.14. The molecule has 18 heavy (non-hydrogen) atoms. The Morgan fingerprint density at radius 3 is 2.83 bits per heavy atom. The summed E-state index contributed by atoms with van der Waals surface area (Å²) in [7, 11) is 0. The molecular weight excluding hydrogens is 247 g/mol. The third kappa shape index (κ3) is 3.42. The summed E-state index contributed by atoms with van der Waals surface area (Å²) in [6.07, 6.45) is 4.89. The maximum atomic E-state index is 13.2. The van der Waals surface area contributed by atoms with Gasteiger partial charge < -0.3 is 11.1 Å². The smallest absolute Gasteiger partial charge is 0.124 e. The molecule has 0 radical (unpaired) electrons. The second-order valence-electron chi connectivity index (χ2n) is 4.98. The van der Waals surface area contributed by atoms with Crippen LogP contribution in [0.3, 0.4) is 0 Å². The fraction of sp³-hybridized carbons (Fsp3) is 0.500. The molecule has 1 aromatic carbocycles. The molecule has 1 aliphatic carbocycles. The van der Waals surface area contributed by atoms with Crippen LogP contribution in [0.15, 0.2) is 18.2 Å². The molecule has 0 saturated heterocycles. The van der Waals surface area contributed by atoms with E-state index in [1.54, 1.807) is 6.07 Å². The van der Waals surface area contributed by atoms with Gasteiger partial charge in [0.1, 0.15) is 10.8 Å². The molecule has 1 aliphatic rings. The van der Waals surface area contributed by atoms with Gasteiger partial charge in [-0.3, -0.25) is 0 Å². The Morgan fingerprint density at radius 2 is 2.28 bits per heavy atom. The minimum Gasteiger partial charge on any atom is -0.389 e. The highest BCUT2D eigenvalue weighted by molar-refractivity contribution is 7.80. The van der Waals surface area contributed by atoms with Gasteiger partial charge in [-0.15, -0.1) is 0 Å². The molecule has 98 valence electrons. The number of halogens is 1. The Hall–Kier alpha value is -1.16. The molecule has 0 bridgehead atoms. The maximum Gasteiger partial charge on any atom is 0.124 e. The second kappa shape index (κ2) is 5.65. The lowest BCUT2D eigenvalue weighted by atomic mass is 10.1. The molecule has 1 aromatic rings. The zero-order valence-corrected chi connectivity index (χ0v) is 11.4. The molecule has 4 heteroatoms. The van der Waals surface area contributed by atoms with Crippen molar-refractivity contribution in [2.75, 3.05) is 5.32 Å². The summed E-state index contributed by atoms with van der Waals surface area (Å²) >= 11 is 4.97. The van der Waals surface area contributed by atoms with Gasteiger partial charge in [0.15, 0.2) is 0 Å². The van der Waals surface area contributed by atoms with Gasteiger partial charge in [-0.05, 0) is 37.0 Å². The summed E-state index contributed by atoms with van der Waals surface area (Å²) < 4.78 is 13.2. The summed E-state index contributed by atoms with van der Waals surface area (Å²) in [6.45, 7) is 2.16. The highest BCUT2D eigenvalue weighted by Gasteiger charge is 2.25. The Kier molecular flexibility index (Phi) is 4.17. The van der Waals surface area contributed by atoms with E-state index < -0.39 is 0 Å². The summed E-state index contributed by atoms with van der Waals surface area (Å²) in [4.78, 5) is 0.235. The molecule has 2 rings (SSSR count). The molecule has 3 N–H and O–H groups in total. The van der Waals surface area contributed by atoms with E-state index in [4.69, 9.17) is 18.0 Å². The highest BCUT2D eigenvalue weighted by atomic mass is 32.1. The van der Waals surface area contributed by atoms with Gasteiger partial charge in [-0.25, -0.2) is 4.39 Å². The summed E-state index contributed by atoms with van der Waals surface area (Å²) in [6, 6.07) is 4.97. The van der Waals surface area contributed by atoms with Crippen LogP contribution in [0.2, 0.25) is 0 Å². The van der Waals surface area contributed by atoms with E-state index in [-0.39, 0.29) is 10.8 Å². The first-order valence-corrected chi connectivity index (χ1v) is 6.87. The topological polar surface area (TPSA) is 38.0 Å². The van der Waals surface area contributed by atoms with Gasteiger partial charge in [0.05, 0.1) is 0 Å². The SMILES string of the molecule is CCC(CC1CC1)Nc1ccc(F)cc1C(N)=S. The van der Waals surface area contributed by atoms with Gasteiger partial charge in [-0.1, -0.05) is 32.0 Å². The van der Waals surface area contributed by atoms with Crippen molar-refractivity contribution in [3.05, 3.63) is 29.6 Å². The molecule has 0 heterocycles. The van der Waals surface area contributed by atoms with Crippen LogP contribution in [0.25, 0.3) is 0 Å². The molecule has 2 nitrogen and oxygen atoms in total. The Morgan fingerprint density at radius 1 is 1.56 bits per heavy atom. The number of hydrogen-bond acceptors (Lipinski definition) is 2. The zero-order chi connectivity index (χ0) is 13.1. The van der Waals surface area contributed by atoms with Crippen LogP contribution in [0.1, 0.15) is 38.2 Å². The van der Waals surface area contributed by atoms with Crippen molar-refractivity contribution in [1.29, 1.82) is 0 Å². The lowest BCUT2D eigenvalue weighted by molar-refractivity contribution is 0.586. The van der Waals surface area contributed by atoms with E-state index in [2.05, 4.69) is 12.2 Å². The van der Waals surface area contributed by atoms with Crippen LogP contribution >= 0.6 is 12.2 Å². The van der Waals surface area contributed by atoms with E-state index in [1.807, 2.05) is 0 Å². The molecule has 1 saturated carbocycles. The van der Waals surface area contributed by atoms with Crippen molar-refractivity contribution in [3.8, 4) is 0 Å². The number of anilines is 1. The van der Waals surface area contributed by atoms with Crippen molar-refractivity contribution < 1.29 is 4.39 Å². The number of nitrogens with one attached hydrogen (secondary N) is 1. The first-order valence-electron chi connectivity index (χ1n) is 6.46. The normalized spacial score (nSPS) is 16.3. The summed E-state index contributed by atoms with van der Waals surface area (Å²) in [5, 5.41) is 3.44. The third-order valence-electron chi connectivity index (χ3n) is 3.41. The van der Waals surface area contributed by atoms with Crippen molar-refractivity contribution in [2.45, 2.75) is 38.6 Å². The number of rotatable bonds is 6. The van der Waals surface area contributed by atoms with E-state index in [9.17, 15) is 4.39 Å². The molecule has 1 unspecified atom stereocenters. The first-order chi connectivity index (χ1) is 8.60.